The van der Waals surface area contributed by atoms with E-state index >= 15 is 0 Å². The Balaban J connectivity index is 1.71. The summed E-state index contributed by atoms with van der Waals surface area (Å²) in [4.78, 5) is 15.4. The minimum absolute atomic E-state index is 0.0815. The number of fused-ring (bicyclic) bond motifs is 1. The molecule has 9 nitrogen and oxygen atoms in total. The summed E-state index contributed by atoms with van der Waals surface area (Å²) >= 11 is 0. The van der Waals surface area contributed by atoms with Gasteiger partial charge < -0.3 is 10.3 Å². The highest BCUT2D eigenvalue weighted by Gasteiger charge is 2.34. The standard InChI is InChI=1S/C21H24N6O3S/c1-3-26(2)31(29,30)16-8-6-15(7-9-16)24-20-19-18(11-13-23-21(19)28)27(25-20)17(10-12-22)14-4-5-14/h6-9,11,13-14,17H,3-5,10H2,1-2H3,(H,23,28)(H,24,25). The van der Waals surface area contributed by atoms with Gasteiger partial charge in [-0.1, -0.05) is 6.92 Å². The summed E-state index contributed by atoms with van der Waals surface area (Å²) in [6.45, 7) is 2.15. The molecule has 0 spiro atoms. The van der Waals surface area contributed by atoms with E-state index < -0.39 is 10.0 Å². The van der Waals surface area contributed by atoms with E-state index in [1.165, 1.54) is 23.5 Å². The van der Waals surface area contributed by atoms with Gasteiger partial charge in [-0.05, 0) is 49.1 Å². The Kier molecular flexibility index (Phi) is 5.56. The lowest BCUT2D eigenvalue weighted by atomic mass is 10.1. The molecule has 2 heterocycles. The van der Waals surface area contributed by atoms with Crippen LogP contribution in [0.3, 0.4) is 0 Å². The van der Waals surface area contributed by atoms with Gasteiger partial charge in [0.15, 0.2) is 5.82 Å². The maximum absolute atomic E-state index is 12.6. The topological polar surface area (TPSA) is 124 Å². The highest BCUT2D eigenvalue weighted by atomic mass is 32.2. The number of aromatic amines is 1. The number of benzene rings is 1. The molecule has 2 N–H and O–H groups in total. The molecule has 4 rings (SSSR count). The van der Waals surface area contributed by atoms with Gasteiger partial charge in [0.2, 0.25) is 10.0 Å². The number of nitrogens with one attached hydrogen (secondary N) is 2. The molecule has 3 aromatic rings. The number of nitriles is 1. The Hall–Kier alpha value is -3.16. The van der Waals surface area contributed by atoms with Crippen LogP contribution in [0.5, 0.6) is 0 Å². The average molecular weight is 441 g/mol. The molecule has 1 saturated carbocycles. The third-order valence-electron chi connectivity index (χ3n) is 5.68. The molecule has 2 aromatic heterocycles. The average Bonchev–Trinajstić information content (AvgIpc) is 3.54. The van der Waals surface area contributed by atoms with E-state index in [1.807, 2.05) is 0 Å². The van der Waals surface area contributed by atoms with Crippen molar-refractivity contribution < 1.29 is 8.42 Å². The molecule has 1 aromatic carbocycles. The lowest BCUT2D eigenvalue weighted by molar-refractivity contribution is 0.426. The predicted octanol–water partition coefficient (Wildman–Crippen LogP) is 2.97. The molecular weight excluding hydrogens is 416 g/mol. The van der Waals surface area contributed by atoms with Crippen molar-refractivity contribution in [3.8, 4) is 6.07 Å². The smallest absolute Gasteiger partial charge is 0.261 e. The first-order valence-corrected chi connectivity index (χ1v) is 11.6. The second-order valence-electron chi connectivity index (χ2n) is 7.70. The van der Waals surface area contributed by atoms with Crippen molar-refractivity contribution in [2.75, 3.05) is 18.9 Å². The molecule has 1 aliphatic rings. The number of sulfonamides is 1. The summed E-state index contributed by atoms with van der Waals surface area (Å²) in [7, 11) is -2.00. The Morgan fingerprint density at radius 1 is 1.32 bits per heavy atom. The van der Waals surface area contributed by atoms with E-state index in [4.69, 9.17) is 0 Å². The number of hydrogen-bond donors (Lipinski definition) is 2. The number of rotatable bonds is 8. The van der Waals surface area contributed by atoms with Crippen molar-refractivity contribution in [2.24, 2.45) is 5.92 Å². The quantitative estimate of drug-likeness (QED) is 0.555. The Labute approximate surface area is 180 Å². The van der Waals surface area contributed by atoms with Gasteiger partial charge >= 0.3 is 0 Å². The fourth-order valence-corrected chi connectivity index (χ4v) is 4.84. The van der Waals surface area contributed by atoms with E-state index in [0.717, 1.165) is 12.8 Å². The van der Waals surface area contributed by atoms with Gasteiger partial charge in [0.25, 0.3) is 5.56 Å². The first kappa shape index (κ1) is 21.1. The minimum Gasteiger partial charge on any atom is -0.338 e. The van der Waals surface area contributed by atoms with Crippen LogP contribution in [0.15, 0.2) is 46.2 Å². The molecule has 31 heavy (non-hydrogen) atoms. The normalized spacial score (nSPS) is 15.2. The van der Waals surface area contributed by atoms with Gasteiger partial charge in [-0.25, -0.2) is 12.7 Å². The third-order valence-corrected chi connectivity index (χ3v) is 7.63. The second-order valence-corrected chi connectivity index (χ2v) is 9.74. The van der Waals surface area contributed by atoms with Crippen molar-refractivity contribution in [1.29, 1.82) is 5.26 Å². The molecule has 0 aliphatic heterocycles. The second kappa shape index (κ2) is 8.17. The number of hydrogen-bond acceptors (Lipinski definition) is 6. The summed E-state index contributed by atoms with van der Waals surface area (Å²) in [6.07, 6.45) is 3.99. The van der Waals surface area contributed by atoms with Gasteiger partial charge in [0.05, 0.1) is 28.9 Å². The van der Waals surface area contributed by atoms with Crippen LogP contribution in [0.1, 0.15) is 32.2 Å². The summed E-state index contributed by atoms with van der Waals surface area (Å²) in [6, 6.07) is 10.3. The van der Waals surface area contributed by atoms with Crippen LogP contribution in [0.2, 0.25) is 0 Å². The lowest BCUT2D eigenvalue weighted by Crippen LogP contribution is -2.26. The van der Waals surface area contributed by atoms with Crippen molar-refractivity contribution in [2.45, 2.75) is 37.1 Å². The summed E-state index contributed by atoms with van der Waals surface area (Å²) < 4.78 is 28.0. The number of H-pyrrole nitrogens is 1. The van der Waals surface area contributed by atoms with Gasteiger partial charge in [0, 0.05) is 25.5 Å². The fourth-order valence-electron chi connectivity index (χ4n) is 3.66. The van der Waals surface area contributed by atoms with Crippen LogP contribution >= 0.6 is 0 Å². The van der Waals surface area contributed by atoms with Gasteiger partial charge in [-0.15, -0.1) is 0 Å². The molecule has 10 heteroatoms. The van der Waals surface area contributed by atoms with Crippen LogP contribution in [0, 0.1) is 17.2 Å². The molecule has 0 bridgehead atoms. The monoisotopic (exact) mass is 440 g/mol. The van der Waals surface area contributed by atoms with Crippen LogP contribution < -0.4 is 10.9 Å². The van der Waals surface area contributed by atoms with E-state index in [-0.39, 0.29) is 16.5 Å². The maximum atomic E-state index is 12.6. The van der Waals surface area contributed by atoms with Crippen LogP contribution in [0.25, 0.3) is 10.9 Å². The zero-order chi connectivity index (χ0) is 22.2. The van der Waals surface area contributed by atoms with Crippen LogP contribution in [0.4, 0.5) is 11.5 Å². The predicted molar refractivity (Wildman–Crippen MR) is 118 cm³/mol. The molecular formula is C21H24N6O3S. The van der Waals surface area contributed by atoms with E-state index in [2.05, 4.69) is 21.5 Å². The zero-order valence-corrected chi connectivity index (χ0v) is 18.2. The minimum atomic E-state index is -3.54. The highest BCUT2D eigenvalue weighted by Crippen LogP contribution is 2.42. The summed E-state index contributed by atoms with van der Waals surface area (Å²) in [5.74, 6) is 0.761. The number of aromatic nitrogens is 3. The van der Waals surface area contributed by atoms with Gasteiger partial charge in [-0.2, -0.15) is 10.4 Å². The first-order valence-electron chi connectivity index (χ1n) is 10.2. The van der Waals surface area contributed by atoms with Crippen molar-refractivity contribution >= 4 is 32.4 Å². The molecule has 162 valence electrons. The van der Waals surface area contributed by atoms with E-state index in [1.54, 1.807) is 36.0 Å². The van der Waals surface area contributed by atoms with Crippen molar-refractivity contribution in [3.05, 3.63) is 46.9 Å². The highest BCUT2D eigenvalue weighted by molar-refractivity contribution is 7.89. The Morgan fingerprint density at radius 2 is 2.03 bits per heavy atom. The van der Waals surface area contributed by atoms with E-state index in [9.17, 15) is 18.5 Å². The lowest BCUT2D eigenvalue weighted by Gasteiger charge is -2.15. The van der Waals surface area contributed by atoms with Crippen LogP contribution in [-0.4, -0.2) is 41.1 Å². The maximum Gasteiger partial charge on any atom is 0.261 e. The largest absolute Gasteiger partial charge is 0.338 e. The molecule has 1 atom stereocenters. The molecule has 1 unspecified atom stereocenters. The van der Waals surface area contributed by atoms with Gasteiger partial charge in [-0.3, -0.25) is 9.48 Å². The first-order chi connectivity index (χ1) is 14.9. The van der Waals surface area contributed by atoms with E-state index in [0.29, 0.717) is 41.3 Å². The molecule has 0 radical (unpaired) electrons. The van der Waals surface area contributed by atoms with Crippen molar-refractivity contribution in [3.63, 3.8) is 0 Å². The molecule has 1 fully saturated rings. The Bertz CT molecular complexity index is 1300. The SMILES string of the molecule is CCN(C)S(=O)(=O)c1ccc(Nc2nn(C(CC#N)C3CC3)c3cc[nH]c(=O)c23)cc1. The molecule has 0 amide bonds. The van der Waals surface area contributed by atoms with Crippen molar-refractivity contribution in [1.82, 2.24) is 19.1 Å². The Morgan fingerprint density at radius 3 is 2.65 bits per heavy atom. The fraction of sp³-hybridized carbons (Fsp3) is 0.381. The zero-order valence-electron chi connectivity index (χ0n) is 17.4. The number of anilines is 2. The number of pyridine rings is 1. The summed E-state index contributed by atoms with van der Waals surface area (Å²) in [5.41, 5.74) is 1.000. The number of nitrogens with zero attached hydrogens (tertiary/aromatic N) is 4. The van der Waals surface area contributed by atoms with Gasteiger partial charge in [0.1, 0.15) is 5.39 Å². The molecule has 1 aliphatic carbocycles. The van der Waals surface area contributed by atoms with Crippen LogP contribution in [-0.2, 0) is 10.0 Å². The summed E-state index contributed by atoms with van der Waals surface area (Å²) in [5, 5.41) is 17.5. The molecule has 0 saturated heterocycles. The third kappa shape index (κ3) is 3.94.